The van der Waals surface area contributed by atoms with Gasteiger partial charge in [0, 0.05) is 12.5 Å². The van der Waals surface area contributed by atoms with Crippen LogP contribution in [0.5, 0.6) is 0 Å². The molecular formula is C34H48F2O2. The van der Waals surface area contributed by atoms with Gasteiger partial charge in [-0.05, 0) is 103 Å². The lowest BCUT2D eigenvalue weighted by Gasteiger charge is -2.58. The molecule has 5 rings (SSSR count). The van der Waals surface area contributed by atoms with Crippen molar-refractivity contribution in [3.05, 3.63) is 47.0 Å². The monoisotopic (exact) mass is 526 g/mol. The third-order valence-corrected chi connectivity index (χ3v) is 11.6. The first-order valence-corrected chi connectivity index (χ1v) is 15.4. The molecule has 4 heteroatoms. The van der Waals surface area contributed by atoms with E-state index >= 15 is 0 Å². The fourth-order valence-electron chi connectivity index (χ4n) is 9.64. The van der Waals surface area contributed by atoms with Crippen molar-refractivity contribution < 1.29 is 18.3 Å². The minimum Gasteiger partial charge on any atom is -0.458 e. The maximum absolute atomic E-state index is 13.6. The number of fused-ring (bicyclic) bond motifs is 5. The van der Waals surface area contributed by atoms with Gasteiger partial charge in [-0.3, -0.25) is 0 Å². The molecule has 0 aliphatic heterocycles. The van der Waals surface area contributed by atoms with Crippen molar-refractivity contribution in [3.63, 3.8) is 0 Å². The van der Waals surface area contributed by atoms with E-state index in [2.05, 4.69) is 40.7 Å². The first-order valence-electron chi connectivity index (χ1n) is 15.4. The maximum atomic E-state index is 13.6. The Bertz CT molecular complexity index is 1040. The average molecular weight is 527 g/mol. The van der Waals surface area contributed by atoms with Gasteiger partial charge in [0.15, 0.2) is 0 Å². The van der Waals surface area contributed by atoms with Crippen molar-refractivity contribution in [3.8, 4) is 0 Å². The number of halogens is 2. The smallest absolute Gasteiger partial charge is 0.338 e. The van der Waals surface area contributed by atoms with Gasteiger partial charge < -0.3 is 4.74 Å². The molecule has 4 aliphatic carbocycles. The summed E-state index contributed by atoms with van der Waals surface area (Å²) >= 11 is 0. The SMILES string of the molecule is CC(C)CCC[C@@H](C)[C@H]1CC[C@H]2[C@@H]3CC=C4C[C@@H](OC(=O)c5cc(F)cc(F)c5)CC[C@]4(C)[C@H]3CC[C@]12C. The highest BCUT2D eigenvalue weighted by Crippen LogP contribution is 2.67. The fraction of sp³-hybridized carbons (Fsp3) is 0.735. The minimum atomic E-state index is -0.752. The molecule has 0 unspecified atom stereocenters. The molecule has 0 saturated heterocycles. The molecule has 8 atom stereocenters. The van der Waals surface area contributed by atoms with E-state index in [-0.39, 0.29) is 17.1 Å². The van der Waals surface area contributed by atoms with Crippen LogP contribution in [0.25, 0.3) is 0 Å². The Morgan fingerprint density at radius 3 is 2.42 bits per heavy atom. The standard InChI is InChI=1S/C34H48F2O2/c1-21(2)7-6-8-22(3)29-11-12-30-28-10-9-24-19-27(38-32(37)23-17-25(35)20-26(36)18-23)13-15-33(24,4)31(28)14-16-34(29,30)5/h9,17-18,20-22,27-31H,6-8,10-16,19H2,1-5H3/t22-,27+,28+,29-,30+,31+,33+,34-/m1/s1. The molecule has 0 N–H and O–H groups in total. The summed E-state index contributed by atoms with van der Waals surface area (Å²) in [5, 5.41) is 0. The van der Waals surface area contributed by atoms with E-state index in [1.165, 1.54) is 50.5 Å². The van der Waals surface area contributed by atoms with Gasteiger partial charge in [-0.15, -0.1) is 0 Å². The van der Waals surface area contributed by atoms with Gasteiger partial charge in [-0.1, -0.05) is 65.5 Å². The summed E-state index contributed by atoms with van der Waals surface area (Å²) < 4.78 is 33.0. The van der Waals surface area contributed by atoms with Crippen molar-refractivity contribution >= 4 is 5.97 Å². The number of hydrogen-bond acceptors (Lipinski definition) is 2. The molecule has 38 heavy (non-hydrogen) atoms. The summed E-state index contributed by atoms with van der Waals surface area (Å²) in [6.45, 7) is 12.3. The van der Waals surface area contributed by atoms with Gasteiger partial charge in [0.2, 0.25) is 0 Å². The molecule has 0 heterocycles. The molecule has 210 valence electrons. The molecule has 0 aromatic heterocycles. The van der Waals surface area contributed by atoms with Gasteiger partial charge in [0.1, 0.15) is 17.7 Å². The van der Waals surface area contributed by atoms with Crippen molar-refractivity contribution in [2.24, 2.45) is 46.3 Å². The second-order valence-corrected chi connectivity index (χ2v) is 14.2. The molecule has 3 fully saturated rings. The third kappa shape index (κ3) is 5.10. The quantitative estimate of drug-likeness (QED) is 0.261. The Balaban J connectivity index is 1.25. The van der Waals surface area contributed by atoms with Gasteiger partial charge in [0.05, 0.1) is 5.56 Å². The van der Waals surface area contributed by atoms with Crippen LogP contribution in [-0.4, -0.2) is 12.1 Å². The number of esters is 1. The van der Waals surface area contributed by atoms with Crippen LogP contribution in [0.1, 0.15) is 116 Å². The van der Waals surface area contributed by atoms with E-state index in [4.69, 9.17) is 4.74 Å². The molecular weight excluding hydrogens is 478 g/mol. The topological polar surface area (TPSA) is 26.3 Å². The van der Waals surface area contributed by atoms with Gasteiger partial charge in [-0.2, -0.15) is 0 Å². The molecule has 3 saturated carbocycles. The average Bonchev–Trinajstić information content (AvgIpc) is 3.20. The lowest BCUT2D eigenvalue weighted by Crippen LogP contribution is -2.51. The van der Waals surface area contributed by atoms with E-state index < -0.39 is 17.6 Å². The lowest BCUT2D eigenvalue weighted by molar-refractivity contribution is -0.0594. The van der Waals surface area contributed by atoms with Crippen molar-refractivity contribution in [1.29, 1.82) is 0 Å². The second-order valence-electron chi connectivity index (χ2n) is 14.2. The van der Waals surface area contributed by atoms with Crippen LogP contribution < -0.4 is 0 Å². The Labute approximate surface area is 229 Å². The third-order valence-electron chi connectivity index (χ3n) is 11.6. The largest absolute Gasteiger partial charge is 0.458 e. The Hall–Kier alpha value is -1.71. The van der Waals surface area contributed by atoms with Crippen LogP contribution in [0.4, 0.5) is 8.78 Å². The van der Waals surface area contributed by atoms with Gasteiger partial charge >= 0.3 is 5.97 Å². The van der Waals surface area contributed by atoms with E-state index in [0.717, 1.165) is 73.5 Å². The number of carbonyl (C=O) groups is 1. The highest BCUT2D eigenvalue weighted by atomic mass is 19.1. The minimum absolute atomic E-state index is 0.0469. The van der Waals surface area contributed by atoms with E-state index in [1.54, 1.807) is 0 Å². The number of benzene rings is 1. The predicted octanol–water partition coefficient (Wildman–Crippen LogP) is 9.53. The summed E-state index contributed by atoms with van der Waals surface area (Å²) in [5.41, 5.74) is 2.06. The molecule has 0 amide bonds. The van der Waals surface area contributed by atoms with E-state index in [1.807, 2.05) is 0 Å². The van der Waals surface area contributed by atoms with E-state index in [0.29, 0.717) is 11.3 Å². The lowest BCUT2D eigenvalue weighted by atomic mass is 9.47. The Morgan fingerprint density at radius 2 is 1.71 bits per heavy atom. The number of hydrogen-bond donors (Lipinski definition) is 0. The highest BCUT2D eigenvalue weighted by Gasteiger charge is 2.59. The fourth-order valence-corrected chi connectivity index (χ4v) is 9.64. The molecule has 4 aliphatic rings. The van der Waals surface area contributed by atoms with Crippen LogP contribution in [0, 0.1) is 58.0 Å². The second kappa shape index (κ2) is 10.7. The summed E-state index contributed by atoms with van der Waals surface area (Å²) in [7, 11) is 0. The summed E-state index contributed by atoms with van der Waals surface area (Å²) in [5.74, 6) is 2.66. The molecule has 0 radical (unpaired) electrons. The number of allylic oxidation sites excluding steroid dienone is 1. The zero-order valence-corrected chi connectivity index (χ0v) is 24.2. The molecule has 1 aromatic rings. The summed E-state index contributed by atoms with van der Waals surface area (Å²) in [6.07, 6.45) is 15.6. The Morgan fingerprint density at radius 1 is 0.974 bits per heavy atom. The van der Waals surface area contributed by atoms with Crippen LogP contribution in [-0.2, 0) is 4.74 Å². The zero-order valence-electron chi connectivity index (χ0n) is 24.2. The number of ether oxygens (including phenoxy) is 1. The van der Waals surface area contributed by atoms with Crippen molar-refractivity contribution in [2.45, 2.75) is 111 Å². The molecule has 2 nitrogen and oxygen atoms in total. The van der Waals surface area contributed by atoms with Crippen LogP contribution in [0.3, 0.4) is 0 Å². The van der Waals surface area contributed by atoms with Crippen LogP contribution in [0.15, 0.2) is 29.8 Å². The summed E-state index contributed by atoms with van der Waals surface area (Å²) in [6, 6.07) is 2.89. The molecule has 0 bridgehead atoms. The normalized spacial score (nSPS) is 37.2. The summed E-state index contributed by atoms with van der Waals surface area (Å²) in [4.78, 5) is 12.7. The van der Waals surface area contributed by atoms with Crippen molar-refractivity contribution in [1.82, 2.24) is 0 Å². The first kappa shape index (κ1) is 27.8. The molecule has 1 aromatic carbocycles. The van der Waals surface area contributed by atoms with Crippen LogP contribution in [0.2, 0.25) is 0 Å². The Kier molecular flexibility index (Phi) is 7.84. The maximum Gasteiger partial charge on any atom is 0.338 e. The zero-order chi connectivity index (χ0) is 27.2. The number of carbonyl (C=O) groups excluding carboxylic acids is 1. The van der Waals surface area contributed by atoms with Gasteiger partial charge in [-0.25, -0.2) is 13.6 Å². The van der Waals surface area contributed by atoms with Crippen molar-refractivity contribution in [2.75, 3.05) is 0 Å². The molecule has 0 spiro atoms. The van der Waals surface area contributed by atoms with E-state index in [9.17, 15) is 13.6 Å². The number of rotatable bonds is 7. The highest BCUT2D eigenvalue weighted by molar-refractivity contribution is 5.89. The van der Waals surface area contributed by atoms with Crippen LogP contribution >= 0.6 is 0 Å². The first-order chi connectivity index (χ1) is 18.0. The predicted molar refractivity (Wildman–Crippen MR) is 149 cm³/mol. The van der Waals surface area contributed by atoms with Gasteiger partial charge in [0.25, 0.3) is 0 Å².